The predicted octanol–water partition coefficient (Wildman–Crippen LogP) is 2.27. The number of aldehydes is 1. The Morgan fingerprint density at radius 2 is 2.33 bits per heavy atom. The van der Waals surface area contributed by atoms with Gasteiger partial charge in [-0.2, -0.15) is 0 Å². The molecule has 0 heterocycles. The van der Waals surface area contributed by atoms with E-state index in [2.05, 4.69) is 6.58 Å². The molecule has 0 saturated heterocycles. The van der Waals surface area contributed by atoms with E-state index in [0.717, 1.165) is 12.0 Å². The largest absolute Gasteiger partial charge is 0.299 e. The third-order valence-electron chi connectivity index (χ3n) is 0.467. The Balaban J connectivity index is 2.98. The van der Waals surface area contributed by atoms with E-state index in [4.69, 9.17) is 0 Å². The molecule has 0 fully saturated rings. The first-order valence-electron chi connectivity index (χ1n) is 2.41. The third kappa shape index (κ3) is 7.85. The minimum absolute atomic E-state index is 0.765. The summed E-state index contributed by atoms with van der Waals surface area (Å²) in [5.74, 6) is 0.911. The van der Waals surface area contributed by atoms with Crippen LogP contribution in [-0.4, -0.2) is 12.0 Å². The molecule has 9 heavy (non-hydrogen) atoms. The zero-order valence-corrected chi connectivity index (χ0v) is 6.58. The summed E-state index contributed by atoms with van der Waals surface area (Å²) in [5, 5.41) is 1.75. The SMILES string of the molecule is C=CCSS/C=C/C=O. The maximum Gasteiger partial charge on any atom is 0.143 e. The molecule has 0 bridgehead atoms. The van der Waals surface area contributed by atoms with Gasteiger partial charge >= 0.3 is 0 Å². The highest BCUT2D eigenvalue weighted by molar-refractivity contribution is 8.77. The lowest BCUT2D eigenvalue weighted by atomic mass is 10.7. The molecule has 50 valence electrons. The number of allylic oxidation sites excluding steroid dienone is 1. The van der Waals surface area contributed by atoms with Crippen LogP contribution in [0.25, 0.3) is 0 Å². The first-order valence-corrected chi connectivity index (χ1v) is 4.79. The maximum atomic E-state index is 9.71. The Bertz CT molecular complexity index is 110. The summed E-state index contributed by atoms with van der Waals surface area (Å²) in [4.78, 5) is 9.71. The van der Waals surface area contributed by atoms with Gasteiger partial charge in [0.15, 0.2) is 0 Å². The van der Waals surface area contributed by atoms with Gasteiger partial charge in [-0.25, -0.2) is 0 Å². The van der Waals surface area contributed by atoms with Gasteiger partial charge in [-0.05, 0) is 11.5 Å². The van der Waals surface area contributed by atoms with Crippen molar-refractivity contribution in [1.82, 2.24) is 0 Å². The summed E-state index contributed by atoms with van der Waals surface area (Å²) in [6.07, 6.45) is 4.06. The van der Waals surface area contributed by atoms with Crippen molar-refractivity contribution in [2.24, 2.45) is 0 Å². The Labute approximate surface area is 63.0 Å². The molecule has 0 rings (SSSR count). The quantitative estimate of drug-likeness (QED) is 0.202. The van der Waals surface area contributed by atoms with Gasteiger partial charge in [0.25, 0.3) is 0 Å². The summed E-state index contributed by atoms with van der Waals surface area (Å²) in [6, 6.07) is 0. The van der Waals surface area contributed by atoms with Crippen molar-refractivity contribution >= 4 is 27.9 Å². The van der Waals surface area contributed by atoms with Gasteiger partial charge in [-0.3, -0.25) is 4.79 Å². The minimum Gasteiger partial charge on any atom is -0.299 e. The van der Waals surface area contributed by atoms with E-state index in [9.17, 15) is 4.79 Å². The van der Waals surface area contributed by atoms with Crippen molar-refractivity contribution in [2.75, 3.05) is 5.75 Å². The molecule has 3 heteroatoms. The normalized spacial score (nSPS) is 9.78. The van der Waals surface area contributed by atoms with Crippen LogP contribution in [0.5, 0.6) is 0 Å². The van der Waals surface area contributed by atoms with E-state index in [-0.39, 0.29) is 0 Å². The molecule has 0 atom stereocenters. The summed E-state index contributed by atoms with van der Waals surface area (Å²) in [6.45, 7) is 3.55. The molecule has 0 radical (unpaired) electrons. The summed E-state index contributed by atoms with van der Waals surface area (Å²) in [7, 11) is 3.18. The van der Waals surface area contributed by atoms with E-state index in [0.29, 0.717) is 0 Å². The van der Waals surface area contributed by atoms with E-state index in [1.54, 1.807) is 16.2 Å². The monoisotopic (exact) mass is 160 g/mol. The van der Waals surface area contributed by atoms with Crippen LogP contribution >= 0.6 is 21.6 Å². The Morgan fingerprint density at radius 1 is 1.56 bits per heavy atom. The third-order valence-corrected chi connectivity index (χ3v) is 2.39. The minimum atomic E-state index is 0.765. The Hall–Kier alpha value is -0.150. The molecule has 0 saturated carbocycles. The molecule has 0 amide bonds. The number of carbonyl (C=O) groups excluding carboxylic acids is 1. The number of hydrogen-bond acceptors (Lipinski definition) is 3. The predicted molar refractivity (Wildman–Crippen MR) is 45.5 cm³/mol. The van der Waals surface area contributed by atoms with Crippen molar-refractivity contribution in [3.8, 4) is 0 Å². The zero-order valence-electron chi connectivity index (χ0n) is 4.95. The van der Waals surface area contributed by atoms with Gasteiger partial charge in [0.1, 0.15) is 6.29 Å². The van der Waals surface area contributed by atoms with Crippen molar-refractivity contribution in [3.05, 3.63) is 24.1 Å². The van der Waals surface area contributed by atoms with Gasteiger partial charge in [-0.15, -0.1) is 6.58 Å². The van der Waals surface area contributed by atoms with Crippen molar-refractivity contribution in [2.45, 2.75) is 0 Å². The van der Waals surface area contributed by atoms with Crippen LogP contribution in [0, 0.1) is 0 Å². The highest BCUT2D eigenvalue weighted by Gasteiger charge is 1.77. The lowest BCUT2D eigenvalue weighted by molar-refractivity contribution is -0.104. The Morgan fingerprint density at radius 3 is 2.89 bits per heavy atom. The van der Waals surface area contributed by atoms with Crippen molar-refractivity contribution < 1.29 is 4.79 Å². The van der Waals surface area contributed by atoms with Crippen LogP contribution in [0.1, 0.15) is 0 Å². The average Bonchev–Trinajstić information content (AvgIpc) is 1.89. The fraction of sp³-hybridized carbons (Fsp3) is 0.167. The highest BCUT2D eigenvalue weighted by Crippen LogP contribution is 2.21. The molecule has 0 spiro atoms. The van der Waals surface area contributed by atoms with Crippen LogP contribution in [0.15, 0.2) is 24.1 Å². The molecule has 0 aromatic rings. The van der Waals surface area contributed by atoms with Gasteiger partial charge in [0.05, 0.1) is 0 Å². The second-order valence-corrected chi connectivity index (χ2v) is 3.45. The average molecular weight is 160 g/mol. The van der Waals surface area contributed by atoms with Crippen LogP contribution in [0.2, 0.25) is 0 Å². The fourth-order valence-electron chi connectivity index (χ4n) is 0.191. The standard InChI is InChI=1S/C6H8OS2/c1-2-5-8-9-6-3-4-7/h2-4,6H,1,5H2/b6-3+. The molecule has 0 aromatic carbocycles. The van der Waals surface area contributed by atoms with E-state index >= 15 is 0 Å². The smallest absolute Gasteiger partial charge is 0.143 e. The first-order chi connectivity index (χ1) is 4.41. The molecular formula is C6H8OS2. The highest BCUT2D eigenvalue weighted by atomic mass is 33.1. The van der Waals surface area contributed by atoms with E-state index in [1.807, 2.05) is 6.08 Å². The summed E-state index contributed by atoms with van der Waals surface area (Å²) < 4.78 is 0. The summed E-state index contributed by atoms with van der Waals surface area (Å²) >= 11 is 0. The topological polar surface area (TPSA) is 17.1 Å². The lowest BCUT2D eigenvalue weighted by Crippen LogP contribution is -1.59. The van der Waals surface area contributed by atoms with E-state index in [1.165, 1.54) is 16.9 Å². The number of rotatable bonds is 5. The Kier molecular flexibility index (Phi) is 7.72. The maximum absolute atomic E-state index is 9.71. The molecular weight excluding hydrogens is 152 g/mol. The van der Waals surface area contributed by atoms with Crippen LogP contribution in [0.4, 0.5) is 0 Å². The van der Waals surface area contributed by atoms with Crippen LogP contribution < -0.4 is 0 Å². The fourth-order valence-corrected chi connectivity index (χ4v) is 1.53. The number of hydrogen-bond donors (Lipinski definition) is 0. The summed E-state index contributed by atoms with van der Waals surface area (Å²) in [5.41, 5.74) is 0. The molecule has 0 N–H and O–H groups in total. The van der Waals surface area contributed by atoms with Crippen molar-refractivity contribution in [1.29, 1.82) is 0 Å². The van der Waals surface area contributed by atoms with Gasteiger partial charge in [-0.1, -0.05) is 27.7 Å². The molecule has 1 nitrogen and oxygen atoms in total. The van der Waals surface area contributed by atoms with Gasteiger partial charge < -0.3 is 0 Å². The molecule has 0 aromatic heterocycles. The molecule has 0 aliphatic carbocycles. The van der Waals surface area contributed by atoms with Crippen molar-refractivity contribution in [3.63, 3.8) is 0 Å². The number of carbonyl (C=O) groups is 1. The van der Waals surface area contributed by atoms with Gasteiger partial charge in [0, 0.05) is 5.75 Å². The molecule has 0 aliphatic heterocycles. The zero-order chi connectivity index (χ0) is 6.95. The van der Waals surface area contributed by atoms with Crippen LogP contribution in [0.3, 0.4) is 0 Å². The second kappa shape index (κ2) is 7.85. The first kappa shape index (κ1) is 8.85. The van der Waals surface area contributed by atoms with Crippen LogP contribution in [-0.2, 0) is 4.79 Å². The van der Waals surface area contributed by atoms with E-state index < -0.39 is 0 Å². The second-order valence-electron chi connectivity index (χ2n) is 1.13. The lowest BCUT2D eigenvalue weighted by Gasteiger charge is -1.85. The van der Waals surface area contributed by atoms with Gasteiger partial charge in [0.2, 0.25) is 0 Å². The molecule has 0 aliphatic rings. The molecule has 0 unspecified atom stereocenters.